The van der Waals surface area contributed by atoms with Crippen LogP contribution in [0.4, 0.5) is 5.82 Å². The molecular weight excluding hydrogens is 811 g/mol. The zero-order valence-corrected chi connectivity index (χ0v) is 32.1. The van der Waals surface area contributed by atoms with Gasteiger partial charge in [-0.3, -0.25) is 32.5 Å². The first-order valence-corrected chi connectivity index (χ1v) is 21.0. The summed E-state index contributed by atoms with van der Waals surface area (Å²) < 4.78 is 61.9. The van der Waals surface area contributed by atoms with Gasteiger partial charge in [-0.05, 0) is 6.92 Å². The predicted octanol–water partition coefficient (Wildman–Crippen LogP) is -1.50. The maximum Gasteiger partial charge on any atom is 0.481 e. The van der Waals surface area contributed by atoms with E-state index in [1.54, 1.807) is 0 Å². The number of nitrogens with two attached hydrogens (primary N) is 1. The van der Waals surface area contributed by atoms with Gasteiger partial charge < -0.3 is 55.7 Å². The van der Waals surface area contributed by atoms with E-state index in [1.807, 2.05) is 0 Å². The molecule has 2 amide bonds. The number of phosphoric acid groups is 3. The number of carbonyl (C=O) groups excluding carboxylic acids is 4. The molecule has 0 aromatic carbocycles. The van der Waals surface area contributed by atoms with Gasteiger partial charge in [0, 0.05) is 30.7 Å². The standard InChI is InChI=1S/C25H40N7O18P3S/c1-13(8-33)24(38)54-7-6-27-15(34)4-5-28-22(37)19(36)25(2,3)10-47-53(44,45)50-52(42,43)46-9-14-18(49-51(39,40)41)17(35)23(48-14)32-12-31-16-20(26)29-11-30-21(16)32/h8,11-14,17-19,23,35-36H,4-7,9-10H2,1-3H3,(H,27,34)(H,28,37)(H,42,43)(H,44,45)(H2,26,29,30)(H2,39,40,41)/t13?,14-,17-,18-,19+,23-/m1/s1. The van der Waals surface area contributed by atoms with E-state index >= 15 is 0 Å². The Bertz CT molecular complexity index is 1810. The molecule has 0 radical (unpaired) electrons. The lowest BCUT2D eigenvalue weighted by Crippen LogP contribution is -2.46. The lowest BCUT2D eigenvalue weighted by Gasteiger charge is -2.30. The van der Waals surface area contributed by atoms with Crippen molar-refractivity contribution in [3.63, 3.8) is 0 Å². The van der Waals surface area contributed by atoms with E-state index in [0.29, 0.717) is 6.29 Å². The topological polar surface area (TPSA) is 381 Å². The van der Waals surface area contributed by atoms with Crippen molar-refractivity contribution in [2.24, 2.45) is 11.3 Å². The second-order valence-electron chi connectivity index (χ2n) is 12.2. The molecule has 0 spiro atoms. The van der Waals surface area contributed by atoms with Gasteiger partial charge >= 0.3 is 23.5 Å². The van der Waals surface area contributed by atoms with Gasteiger partial charge in [0.2, 0.25) is 11.8 Å². The van der Waals surface area contributed by atoms with Crippen LogP contribution in [0.3, 0.4) is 0 Å². The third-order valence-corrected chi connectivity index (χ3v) is 11.5. The summed E-state index contributed by atoms with van der Waals surface area (Å²) in [6.07, 6.45) is -6.52. The van der Waals surface area contributed by atoms with Crippen LogP contribution in [0.15, 0.2) is 12.7 Å². The monoisotopic (exact) mass is 851 g/mol. The van der Waals surface area contributed by atoms with Crippen molar-refractivity contribution in [1.29, 1.82) is 0 Å². The van der Waals surface area contributed by atoms with E-state index in [2.05, 4.69) is 34.4 Å². The van der Waals surface area contributed by atoms with Gasteiger partial charge in [0.1, 0.15) is 42.5 Å². The highest BCUT2D eigenvalue weighted by atomic mass is 32.2. The van der Waals surface area contributed by atoms with Crippen LogP contribution in [0.2, 0.25) is 0 Å². The number of phosphoric ester groups is 3. The van der Waals surface area contributed by atoms with Crippen LogP contribution in [0.5, 0.6) is 0 Å². The van der Waals surface area contributed by atoms with E-state index in [4.69, 9.17) is 19.5 Å². The zero-order chi connectivity index (χ0) is 40.6. The van der Waals surface area contributed by atoms with E-state index < -0.39 is 90.5 Å². The van der Waals surface area contributed by atoms with Crippen LogP contribution < -0.4 is 16.4 Å². The Kier molecular flexibility index (Phi) is 16.0. The van der Waals surface area contributed by atoms with E-state index in [0.717, 1.165) is 29.0 Å². The summed E-state index contributed by atoms with van der Waals surface area (Å²) in [6, 6.07) is 0. The molecule has 25 nitrogen and oxygen atoms in total. The number of carbonyl (C=O) groups is 4. The molecule has 0 aliphatic carbocycles. The van der Waals surface area contributed by atoms with Crippen LogP contribution in [0.25, 0.3) is 11.2 Å². The lowest BCUT2D eigenvalue weighted by atomic mass is 9.87. The number of aldehydes is 1. The van der Waals surface area contributed by atoms with Crippen molar-refractivity contribution in [2.75, 3.05) is 37.8 Å². The highest BCUT2D eigenvalue weighted by molar-refractivity contribution is 8.13. The van der Waals surface area contributed by atoms with Crippen molar-refractivity contribution in [1.82, 2.24) is 30.2 Å². The molecule has 1 aliphatic heterocycles. The highest BCUT2D eigenvalue weighted by Gasteiger charge is 2.50. The first-order chi connectivity index (χ1) is 25.0. The molecule has 54 heavy (non-hydrogen) atoms. The summed E-state index contributed by atoms with van der Waals surface area (Å²) in [6.45, 7) is 1.73. The number of hydrogen-bond donors (Lipinski definition) is 9. The molecule has 8 atom stereocenters. The van der Waals surface area contributed by atoms with Crippen molar-refractivity contribution >= 4 is 75.4 Å². The smallest absolute Gasteiger partial charge is 0.386 e. The second-order valence-corrected chi connectivity index (χ2v) is 17.5. The maximum atomic E-state index is 12.6. The number of aliphatic hydroxyl groups excluding tert-OH is 2. The van der Waals surface area contributed by atoms with Gasteiger partial charge in [0.05, 0.1) is 25.5 Å². The summed E-state index contributed by atoms with van der Waals surface area (Å²) >= 11 is 0.872. The number of amides is 2. The van der Waals surface area contributed by atoms with Crippen LogP contribution in [0, 0.1) is 11.3 Å². The molecule has 1 fully saturated rings. The second kappa shape index (κ2) is 18.9. The van der Waals surface area contributed by atoms with Crippen LogP contribution in [-0.2, 0) is 55.5 Å². The lowest BCUT2D eigenvalue weighted by molar-refractivity contribution is -0.137. The first kappa shape index (κ1) is 45.6. The number of nitrogens with zero attached hydrogens (tertiary/aromatic N) is 4. The first-order valence-electron chi connectivity index (χ1n) is 15.5. The number of imidazole rings is 1. The molecule has 3 rings (SSSR count). The summed E-state index contributed by atoms with van der Waals surface area (Å²) in [4.78, 5) is 97.5. The Balaban J connectivity index is 1.51. The number of hydrogen-bond acceptors (Lipinski definition) is 19. The average Bonchev–Trinajstić information content (AvgIpc) is 3.64. The molecular formula is C25H40N7O18P3S. The predicted molar refractivity (Wildman–Crippen MR) is 182 cm³/mol. The summed E-state index contributed by atoms with van der Waals surface area (Å²) in [5, 5.41) is 25.8. The number of ether oxygens (including phenoxy) is 1. The molecule has 2 aromatic heterocycles. The molecule has 2 aromatic rings. The van der Waals surface area contributed by atoms with Crippen molar-refractivity contribution in [2.45, 2.75) is 57.8 Å². The molecule has 1 saturated heterocycles. The fraction of sp³-hybridized carbons (Fsp3) is 0.640. The van der Waals surface area contributed by atoms with Crippen LogP contribution >= 0.6 is 35.2 Å². The van der Waals surface area contributed by atoms with E-state index in [-0.39, 0.29) is 47.4 Å². The van der Waals surface area contributed by atoms with Crippen molar-refractivity contribution < 1.29 is 85.3 Å². The number of aromatic nitrogens is 4. The number of aliphatic hydroxyl groups is 2. The number of nitrogens with one attached hydrogen (secondary N) is 2. The van der Waals surface area contributed by atoms with Crippen molar-refractivity contribution in [3.8, 4) is 0 Å². The molecule has 1 aliphatic rings. The maximum absolute atomic E-state index is 12.6. The molecule has 0 bridgehead atoms. The Morgan fingerprint density at radius 2 is 1.76 bits per heavy atom. The molecule has 304 valence electrons. The fourth-order valence-corrected chi connectivity index (χ4v) is 8.02. The molecule has 10 N–H and O–H groups in total. The third kappa shape index (κ3) is 13.2. The van der Waals surface area contributed by atoms with E-state index in [1.165, 1.54) is 20.8 Å². The third-order valence-electron chi connectivity index (χ3n) is 7.32. The van der Waals surface area contributed by atoms with Crippen LogP contribution in [-0.4, -0.2) is 129 Å². The largest absolute Gasteiger partial charge is 0.481 e. The molecule has 3 heterocycles. The SMILES string of the molecule is CC(C=O)C(=O)SCCNC(=O)CCNC(=O)[C@H](O)C(C)(C)COP(=O)(O)OP(=O)(O)OC[C@H]1O[C@@H](n2cnc3c(N)ncnc32)[C@H](O)[C@@H]1OP(=O)(O)O. The molecule has 3 unspecified atom stereocenters. The molecule has 29 heteroatoms. The summed E-state index contributed by atoms with van der Waals surface area (Å²) in [5.41, 5.74) is 4.22. The summed E-state index contributed by atoms with van der Waals surface area (Å²) in [5.74, 6) is -2.11. The number of rotatable bonds is 21. The number of thioether (sulfide) groups is 1. The zero-order valence-electron chi connectivity index (χ0n) is 28.6. The van der Waals surface area contributed by atoms with Gasteiger partial charge in [-0.25, -0.2) is 28.6 Å². The van der Waals surface area contributed by atoms with Gasteiger partial charge in [0.25, 0.3) is 0 Å². The number of nitrogen functional groups attached to an aromatic ring is 1. The van der Waals surface area contributed by atoms with E-state index in [9.17, 15) is 62.7 Å². The van der Waals surface area contributed by atoms with Gasteiger partial charge in [-0.2, -0.15) is 4.31 Å². The van der Waals surface area contributed by atoms with Gasteiger partial charge in [0.15, 0.2) is 22.8 Å². The van der Waals surface area contributed by atoms with Gasteiger partial charge in [-0.15, -0.1) is 0 Å². The Labute approximate surface area is 310 Å². The van der Waals surface area contributed by atoms with Crippen molar-refractivity contribution in [3.05, 3.63) is 12.7 Å². The minimum absolute atomic E-state index is 0.0237. The minimum Gasteiger partial charge on any atom is -0.386 e. The van der Waals surface area contributed by atoms with Gasteiger partial charge in [-0.1, -0.05) is 25.6 Å². The number of anilines is 1. The fourth-order valence-electron chi connectivity index (χ4n) is 4.47. The highest BCUT2D eigenvalue weighted by Crippen LogP contribution is 2.61. The van der Waals surface area contributed by atoms with Crippen LogP contribution in [0.1, 0.15) is 33.4 Å². The Hall–Kier alpha value is -2.77. The molecule has 0 saturated carbocycles. The Morgan fingerprint density at radius 3 is 2.41 bits per heavy atom. The normalized spacial score (nSPS) is 22.5. The Morgan fingerprint density at radius 1 is 1.09 bits per heavy atom. The number of fused-ring (bicyclic) bond motifs is 1. The summed E-state index contributed by atoms with van der Waals surface area (Å²) in [7, 11) is -16.4. The minimum atomic E-state index is -5.58. The quantitative estimate of drug-likeness (QED) is 0.0299. The average molecular weight is 852 g/mol.